The molecule has 0 fully saturated rings. The van der Waals surface area contributed by atoms with Crippen LogP contribution in [-0.4, -0.2) is 9.13 Å². The fraction of sp³-hybridized carbons (Fsp3) is 0.0323. The molecule has 2 aromatic heterocycles. The molecule has 0 N–H and O–H groups in total. The molecule has 0 aliphatic carbocycles. The summed E-state index contributed by atoms with van der Waals surface area (Å²) in [5.74, 6) is 0. The van der Waals surface area contributed by atoms with Crippen LogP contribution in [0.25, 0.3) is 49.7 Å². The van der Waals surface area contributed by atoms with Gasteiger partial charge in [0.15, 0.2) is 0 Å². The number of benzene rings is 4. The van der Waals surface area contributed by atoms with E-state index in [0.717, 1.165) is 16.8 Å². The zero-order valence-electron chi connectivity index (χ0n) is 18.6. The minimum atomic E-state index is 1.03. The van der Waals surface area contributed by atoms with Crippen LogP contribution in [0.15, 0.2) is 122 Å². The van der Waals surface area contributed by atoms with Crippen LogP contribution in [0.4, 0.5) is 0 Å². The Hall–Kier alpha value is -4.30. The first-order valence-corrected chi connectivity index (χ1v) is 11.3. The lowest BCUT2D eigenvalue weighted by molar-refractivity contribution is 1.12. The molecule has 0 saturated carbocycles. The maximum atomic E-state index is 4.24. The minimum absolute atomic E-state index is 1.03. The van der Waals surface area contributed by atoms with Crippen molar-refractivity contribution in [3.05, 3.63) is 128 Å². The number of aromatic nitrogens is 2. The van der Waals surface area contributed by atoms with E-state index < -0.39 is 0 Å². The Kier molecular flexibility index (Phi) is 4.51. The van der Waals surface area contributed by atoms with Crippen molar-refractivity contribution in [2.75, 3.05) is 0 Å². The molecule has 2 heteroatoms. The van der Waals surface area contributed by atoms with Crippen LogP contribution in [0.3, 0.4) is 0 Å². The molecule has 0 atom stereocenters. The highest BCUT2D eigenvalue weighted by Gasteiger charge is 2.14. The fourth-order valence-corrected chi connectivity index (χ4v) is 4.82. The Morgan fingerprint density at radius 1 is 0.697 bits per heavy atom. The summed E-state index contributed by atoms with van der Waals surface area (Å²) in [5, 5.41) is 3.72. The molecule has 158 valence electrons. The van der Waals surface area contributed by atoms with Gasteiger partial charge in [0.05, 0.1) is 16.6 Å². The van der Waals surface area contributed by atoms with Gasteiger partial charge < -0.3 is 9.13 Å². The highest BCUT2D eigenvalue weighted by Crippen LogP contribution is 2.35. The van der Waals surface area contributed by atoms with Crippen LogP contribution in [0.2, 0.25) is 0 Å². The first-order valence-electron chi connectivity index (χ1n) is 11.3. The molecule has 2 heterocycles. The average Bonchev–Trinajstić information content (AvgIpc) is 3.43. The fourth-order valence-electron chi connectivity index (χ4n) is 4.82. The summed E-state index contributed by atoms with van der Waals surface area (Å²) in [6.45, 7) is 6.26. The zero-order chi connectivity index (χ0) is 22.4. The molecule has 0 spiro atoms. The van der Waals surface area contributed by atoms with Crippen molar-refractivity contribution in [3.63, 3.8) is 0 Å². The first kappa shape index (κ1) is 19.4. The molecule has 6 rings (SSSR count). The van der Waals surface area contributed by atoms with Gasteiger partial charge in [0, 0.05) is 33.7 Å². The van der Waals surface area contributed by atoms with Gasteiger partial charge in [-0.15, -0.1) is 0 Å². The Morgan fingerprint density at radius 2 is 1.48 bits per heavy atom. The van der Waals surface area contributed by atoms with Gasteiger partial charge in [-0.2, -0.15) is 0 Å². The van der Waals surface area contributed by atoms with E-state index in [2.05, 4.69) is 125 Å². The summed E-state index contributed by atoms with van der Waals surface area (Å²) in [6.07, 6.45) is 6.24. The molecular weight excluding hydrogens is 400 g/mol. The van der Waals surface area contributed by atoms with E-state index in [1.54, 1.807) is 0 Å². The molecule has 6 aromatic rings. The number of hydrogen-bond acceptors (Lipinski definition) is 0. The summed E-state index contributed by atoms with van der Waals surface area (Å²) in [5.41, 5.74) is 8.10. The molecule has 0 aliphatic rings. The molecule has 0 unspecified atom stereocenters. The third kappa shape index (κ3) is 3.11. The van der Waals surface area contributed by atoms with Gasteiger partial charge in [0.2, 0.25) is 0 Å². The third-order valence-electron chi connectivity index (χ3n) is 6.38. The Labute approximate surface area is 193 Å². The summed E-state index contributed by atoms with van der Waals surface area (Å²) in [7, 11) is 0. The SMILES string of the molecule is C=C(/C=C/C)c1ccc2c(c1)c1ccccc1n2-c1ccc2ccn(-c3ccccc3)c2c1. The molecule has 0 saturated heterocycles. The highest BCUT2D eigenvalue weighted by atomic mass is 15.0. The molecule has 0 radical (unpaired) electrons. The second kappa shape index (κ2) is 7.68. The summed E-state index contributed by atoms with van der Waals surface area (Å²) in [4.78, 5) is 0. The lowest BCUT2D eigenvalue weighted by Crippen LogP contribution is -1.96. The standard InChI is InChI=1S/C31H24N2/c1-3-9-22(2)24-15-17-30-28(20-24)27-12-7-8-13-29(27)33(30)26-16-14-23-18-19-32(31(23)21-26)25-10-5-4-6-11-25/h3-21H,2H2,1H3/b9-3+. The van der Waals surface area contributed by atoms with Gasteiger partial charge in [-0.3, -0.25) is 0 Å². The van der Waals surface area contributed by atoms with Gasteiger partial charge in [0.25, 0.3) is 0 Å². The zero-order valence-corrected chi connectivity index (χ0v) is 18.6. The lowest BCUT2D eigenvalue weighted by atomic mass is 10.0. The monoisotopic (exact) mass is 424 g/mol. The van der Waals surface area contributed by atoms with Crippen molar-refractivity contribution in [2.45, 2.75) is 6.92 Å². The number of para-hydroxylation sites is 2. The predicted octanol–water partition coefficient (Wildman–Crippen LogP) is 8.32. The molecule has 0 bridgehead atoms. The van der Waals surface area contributed by atoms with E-state index >= 15 is 0 Å². The normalized spacial score (nSPS) is 11.8. The predicted molar refractivity (Wildman–Crippen MR) is 141 cm³/mol. The average molecular weight is 425 g/mol. The van der Waals surface area contributed by atoms with Crippen LogP contribution < -0.4 is 0 Å². The number of fused-ring (bicyclic) bond motifs is 4. The first-order chi connectivity index (χ1) is 16.2. The third-order valence-corrected chi connectivity index (χ3v) is 6.38. The smallest absolute Gasteiger partial charge is 0.0549 e. The number of allylic oxidation sites excluding steroid dienone is 3. The molecule has 0 amide bonds. The lowest BCUT2D eigenvalue weighted by Gasteiger charge is -2.11. The number of nitrogens with zero attached hydrogens (tertiary/aromatic N) is 2. The van der Waals surface area contributed by atoms with E-state index in [1.165, 1.54) is 38.4 Å². The molecular formula is C31H24N2. The van der Waals surface area contributed by atoms with Crippen molar-refractivity contribution in [1.29, 1.82) is 0 Å². The Balaban J connectivity index is 1.61. The van der Waals surface area contributed by atoms with Crippen LogP contribution in [0.1, 0.15) is 12.5 Å². The van der Waals surface area contributed by atoms with Crippen molar-refractivity contribution in [1.82, 2.24) is 9.13 Å². The maximum Gasteiger partial charge on any atom is 0.0549 e. The Morgan fingerprint density at radius 3 is 2.33 bits per heavy atom. The van der Waals surface area contributed by atoms with Crippen LogP contribution in [0, 0.1) is 0 Å². The minimum Gasteiger partial charge on any atom is -0.316 e. The van der Waals surface area contributed by atoms with Crippen molar-refractivity contribution < 1.29 is 0 Å². The van der Waals surface area contributed by atoms with E-state index in [1.807, 2.05) is 13.0 Å². The van der Waals surface area contributed by atoms with Gasteiger partial charge in [-0.25, -0.2) is 0 Å². The van der Waals surface area contributed by atoms with Gasteiger partial charge >= 0.3 is 0 Å². The van der Waals surface area contributed by atoms with Crippen molar-refractivity contribution in [3.8, 4) is 11.4 Å². The van der Waals surface area contributed by atoms with Crippen LogP contribution in [-0.2, 0) is 0 Å². The summed E-state index contributed by atoms with van der Waals surface area (Å²) < 4.78 is 4.63. The quantitative estimate of drug-likeness (QED) is 0.252. The second-order valence-electron chi connectivity index (χ2n) is 8.37. The molecule has 4 aromatic carbocycles. The second-order valence-corrected chi connectivity index (χ2v) is 8.37. The molecule has 33 heavy (non-hydrogen) atoms. The Bertz CT molecular complexity index is 1680. The number of hydrogen-bond donors (Lipinski definition) is 0. The van der Waals surface area contributed by atoms with E-state index in [4.69, 9.17) is 0 Å². The molecule has 0 aliphatic heterocycles. The van der Waals surface area contributed by atoms with E-state index in [9.17, 15) is 0 Å². The van der Waals surface area contributed by atoms with Crippen molar-refractivity contribution >= 4 is 38.3 Å². The van der Waals surface area contributed by atoms with E-state index in [0.29, 0.717) is 0 Å². The van der Waals surface area contributed by atoms with Gasteiger partial charge in [-0.1, -0.05) is 67.3 Å². The number of rotatable bonds is 4. The summed E-state index contributed by atoms with van der Waals surface area (Å²) >= 11 is 0. The van der Waals surface area contributed by atoms with Crippen LogP contribution in [0.5, 0.6) is 0 Å². The van der Waals surface area contributed by atoms with Crippen LogP contribution >= 0.6 is 0 Å². The molecule has 2 nitrogen and oxygen atoms in total. The summed E-state index contributed by atoms with van der Waals surface area (Å²) in [6, 6.07) is 34.7. The largest absolute Gasteiger partial charge is 0.316 e. The highest BCUT2D eigenvalue weighted by molar-refractivity contribution is 6.10. The maximum absolute atomic E-state index is 4.24. The topological polar surface area (TPSA) is 9.86 Å². The van der Waals surface area contributed by atoms with E-state index in [-0.39, 0.29) is 0 Å². The van der Waals surface area contributed by atoms with Gasteiger partial charge in [0.1, 0.15) is 0 Å². The van der Waals surface area contributed by atoms with Gasteiger partial charge in [-0.05, 0) is 66.6 Å². The van der Waals surface area contributed by atoms with Crippen molar-refractivity contribution in [2.24, 2.45) is 0 Å².